The molecular weight excluding hydrogens is 294 g/mol. The maximum absolute atomic E-state index is 12.4. The van der Waals surface area contributed by atoms with Crippen molar-refractivity contribution in [3.05, 3.63) is 27.1 Å². The summed E-state index contributed by atoms with van der Waals surface area (Å²) in [5.41, 5.74) is 0.290. The average Bonchev–Trinajstić information content (AvgIpc) is 2.76. The van der Waals surface area contributed by atoms with Crippen molar-refractivity contribution in [3.63, 3.8) is 0 Å². The molecule has 8 heteroatoms. The van der Waals surface area contributed by atoms with E-state index < -0.39 is 11.9 Å². The number of hydrogen-bond donors (Lipinski definition) is 2. The number of rotatable bonds is 4. The lowest BCUT2D eigenvalue weighted by Crippen LogP contribution is -2.33. The number of amides is 1. The fraction of sp³-hybridized carbons (Fsp3) is 0.385. The number of carboxylic acid groups (broad SMARTS) is 1. The van der Waals surface area contributed by atoms with Gasteiger partial charge in [0.1, 0.15) is 4.83 Å². The fourth-order valence-corrected chi connectivity index (χ4v) is 3.17. The van der Waals surface area contributed by atoms with Gasteiger partial charge in [-0.1, -0.05) is 6.92 Å². The summed E-state index contributed by atoms with van der Waals surface area (Å²) in [6.45, 7) is 3.33. The molecule has 0 aliphatic carbocycles. The number of fused-ring (bicyclic) bond motifs is 1. The highest BCUT2D eigenvalue weighted by Gasteiger charge is 2.23. The van der Waals surface area contributed by atoms with Gasteiger partial charge in [0.15, 0.2) is 0 Å². The molecule has 2 heterocycles. The van der Waals surface area contributed by atoms with Crippen LogP contribution in [0.4, 0.5) is 0 Å². The topological polar surface area (TPSA) is 103 Å². The smallest absolute Gasteiger partial charge is 0.308 e. The molecule has 0 saturated carbocycles. The van der Waals surface area contributed by atoms with Crippen LogP contribution in [0.5, 0.6) is 0 Å². The summed E-state index contributed by atoms with van der Waals surface area (Å²) in [7, 11) is 1.54. The van der Waals surface area contributed by atoms with Crippen LogP contribution >= 0.6 is 11.3 Å². The molecule has 0 fully saturated rings. The van der Waals surface area contributed by atoms with Crippen LogP contribution in [-0.2, 0) is 4.79 Å². The van der Waals surface area contributed by atoms with E-state index in [1.165, 1.54) is 18.2 Å². The number of aromatic nitrogens is 2. The van der Waals surface area contributed by atoms with Crippen molar-refractivity contribution in [1.82, 2.24) is 14.9 Å². The molecule has 0 bridgehead atoms. The molecule has 1 atom stereocenters. The van der Waals surface area contributed by atoms with Gasteiger partial charge in [-0.05, 0) is 12.5 Å². The second-order valence-electron chi connectivity index (χ2n) is 4.89. The first-order valence-corrected chi connectivity index (χ1v) is 7.09. The fourth-order valence-electron chi connectivity index (χ4n) is 2.03. The Kier molecular flexibility index (Phi) is 4.08. The van der Waals surface area contributed by atoms with Crippen molar-refractivity contribution in [2.75, 3.05) is 13.6 Å². The van der Waals surface area contributed by atoms with Crippen LogP contribution in [-0.4, -0.2) is 45.4 Å². The number of H-pyrrole nitrogens is 1. The highest BCUT2D eigenvalue weighted by atomic mass is 32.1. The molecule has 1 unspecified atom stereocenters. The van der Waals surface area contributed by atoms with Crippen LogP contribution in [0.3, 0.4) is 0 Å². The van der Waals surface area contributed by atoms with E-state index in [2.05, 4.69) is 9.97 Å². The molecule has 0 spiro atoms. The zero-order valence-electron chi connectivity index (χ0n) is 11.8. The zero-order valence-corrected chi connectivity index (χ0v) is 12.7. The molecule has 2 N–H and O–H groups in total. The van der Waals surface area contributed by atoms with E-state index in [1.54, 1.807) is 14.0 Å². The minimum atomic E-state index is -0.958. The van der Waals surface area contributed by atoms with E-state index in [-0.39, 0.29) is 18.0 Å². The van der Waals surface area contributed by atoms with Crippen LogP contribution in [0.1, 0.15) is 22.2 Å². The number of aliphatic carboxylic acids is 1. The van der Waals surface area contributed by atoms with Gasteiger partial charge in [0.05, 0.1) is 22.5 Å². The largest absolute Gasteiger partial charge is 0.481 e. The predicted molar refractivity (Wildman–Crippen MR) is 78.7 cm³/mol. The summed E-state index contributed by atoms with van der Waals surface area (Å²) >= 11 is 1.14. The van der Waals surface area contributed by atoms with Gasteiger partial charge in [-0.15, -0.1) is 11.3 Å². The lowest BCUT2D eigenvalue weighted by molar-refractivity contribution is -0.141. The van der Waals surface area contributed by atoms with Gasteiger partial charge in [-0.25, -0.2) is 4.98 Å². The van der Waals surface area contributed by atoms with E-state index in [1.807, 2.05) is 0 Å². The van der Waals surface area contributed by atoms with Gasteiger partial charge in [0.25, 0.3) is 11.5 Å². The first-order chi connectivity index (χ1) is 9.82. The average molecular weight is 309 g/mol. The molecule has 7 nitrogen and oxygen atoms in total. The van der Waals surface area contributed by atoms with Crippen LogP contribution in [0, 0.1) is 12.8 Å². The van der Waals surface area contributed by atoms with Gasteiger partial charge in [0, 0.05) is 13.6 Å². The van der Waals surface area contributed by atoms with E-state index in [0.29, 0.717) is 20.7 Å². The van der Waals surface area contributed by atoms with Crippen LogP contribution < -0.4 is 5.56 Å². The standard InChI is InChI=1S/C13H15N3O4S/c1-6(13(19)20)4-16(3)12(18)9-7(2)8-10(17)14-5-15-11(8)21-9/h5-6H,4H2,1-3H3,(H,19,20)(H,14,15,17). The summed E-state index contributed by atoms with van der Waals surface area (Å²) in [6.07, 6.45) is 1.30. The van der Waals surface area contributed by atoms with Crippen LogP contribution in [0.25, 0.3) is 10.2 Å². The molecule has 0 aliphatic rings. The minimum Gasteiger partial charge on any atom is -0.481 e. The SMILES string of the molecule is Cc1c(C(=O)N(C)CC(C)C(=O)O)sc2nc[nH]c(=O)c12. The third kappa shape index (κ3) is 2.80. The molecular formula is C13H15N3O4S. The number of carbonyl (C=O) groups is 2. The quantitative estimate of drug-likeness (QED) is 0.879. The Morgan fingerprint density at radius 1 is 1.52 bits per heavy atom. The molecule has 21 heavy (non-hydrogen) atoms. The predicted octanol–water partition coefficient (Wildman–Crippen LogP) is 1.09. The van der Waals surface area contributed by atoms with Gasteiger partial charge < -0.3 is 15.0 Å². The van der Waals surface area contributed by atoms with E-state index in [9.17, 15) is 14.4 Å². The Morgan fingerprint density at radius 3 is 2.76 bits per heavy atom. The summed E-state index contributed by atoms with van der Waals surface area (Å²) in [5, 5.41) is 9.31. The molecule has 0 saturated heterocycles. The minimum absolute atomic E-state index is 0.103. The normalized spacial score (nSPS) is 12.3. The molecule has 0 aromatic carbocycles. The molecule has 0 aliphatic heterocycles. The molecule has 1 amide bonds. The number of aryl methyl sites for hydroxylation is 1. The van der Waals surface area contributed by atoms with Gasteiger partial charge >= 0.3 is 5.97 Å². The Hall–Kier alpha value is -2.22. The first-order valence-electron chi connectivity index (χ1n) is 6.28. The molecule has 2 rings (SSSR count). The number of carboxylic acids is 1. The van der Waals surface area contributed by atoms with Gasteiger partial charge in [-0.3, -0.25) is 14.4 Å². The van der Waals surface area contributed by atoms with Crippen LogP contribution in [0.2, 0.25) is 0 Å². The van der Waals surface area contributed by atoms with Crippen molar-refractivity contribution in [2.45, 2.75) is 13.8 Å². The Balaban J connectivity index is 2.36. The van der Waals surface area contributed by atoms with Crippen molar-refractivity contribution in [3.8, 4) is 0 Å². The lowest BCUT2D eigenvalue weighted by Gasteiger charge is -2.19. The second kappa shape index (κ2) is 5.65. The summed E-state index contributed by atoms with van der Waals surface area (Å²) in [6, 6.07) is 0. The number of nitrogens with zero attached hydrogens (tertiary/aromatic N) is 2. The first kappa shape index (κ1) is 15.2. The number of hydrogen-bond acceptors (Lipinski definition) is 5. The third-order valence-electron chi connectivity index (χ3n) is 3.24. The van der Waals surface area contributed by atoms with Crippen LogP contribution in [0.15, 0.2) is 11.1 Å². The monoisotopic (exact) mass is 309 g/mol. The van der Waals surface area contributed by atoms with Crippen molar-refractivity contribution in [2.24, 2.45) is 5.92 Å². The number of thiophene rings is 1. The third-order valence-corrected chi connectivity index (χ3v) is 4.43. The molecule has 2 aromatic heterocycles. The number of carbonyl (C=O) groups excluding carboxylic acids is 1. The Bertz CT molecular complexity index is 764. The zero-order chi connectivity index (χ0) is 15.7. The number of nitrogens with one attached hydrogen (secondary N) is 1. The van der Waals surface area contributed by atoms with E-state index in [0.717, 1.165) is 11.3 Å². The second-order valence-corrected chi connectivity index (χ2v) is 5.89. The Morgan fingerprint density at radius 2 is 2.19 bits per heavy atom. The molecule has 2 aromatic rings. The van der Waals surface area contributed by atoms with Crippen molar-refractivity contribution < 1.29 is 14.7 Å². The van der Waals surface area contributed by atoms with Gasteiger partial charge in [-0.2, -0.15) is 0 Å². The maximum Gasteiger partial charge on any atom is 0.308 e. The lowest BCUT2D eigenvalue weighted by atomic mass is 10.1. The highest BCUT2D eigenvalue weighted by Crippen LogP contribution is 2.27. The summed E-state index contributed by atoms with van der Waals surface area (Å²) in [5.74, 6) is -1.92. The van der Waals surface area contributed by atoms with Crippen molar-refractivity contribution in [1.29, 1.82) is 0 Å². The molecule has 112 valence electrons. The Labute approximate surface area is 124 Å². The summed E-state index contributed by atoms with van der Waals surface area (Å²) < 4.78 is 0. The van der Waals surface area contributed by atoms with E-state index in [4.69, 9.17) is 5.11 Å². The highest BCUT2D eigenvalue weighted by molar-refractivity contribution is 7.20. The van der Waals surface area contributed by atoms with E-state index >= 15 is 0 Å². The van der Waals surface area contributed by atoms with Crippen molar-refractivity contribution >= 4 is 33.4 Å². The molecule has 0 radical (unpaired) electrons. The van der Waals surface area contributed by atoms with Gasteiger partial charge in [0.2, 0.25) is 0 Å². The summed E-state index contributed by atoms with van der Waals surface area (Å²) in [4.78, 5) is 43.8. The number of aromatic amines is 1. The maximum atomic E-state index is 12.4.